The summed E-state index contributed by atoms with van der Waals surface area (Å²) >= 11 is 3.22. The fraction of sp³-hybridized carbons (Fsp3) is 0.500. The Bertz CT molecular complexity index is 526. The summed E-state index contributed by atoms with van der Waals surface area (Å²) in [5.41, 5.74) is 0.137. The van der Waals surface area contributed by atoms with Crippen LogP contribution in [0.3, 0.4) is 0 Å². The van der Waals surface area contributed by atoms with Gasteiger partial charge in [-0.1, -0.05) is 0 Å². The standard InChI is InChI=1S/C12H14BrF2NO3S/c1-20(18)11-5-10(19-12(14)15)9(4-8(11)13)16(17)6-7-2-3-7/h4-5,7,12,17H,2-3,6H2,1H3. The van der Waals surface area contributed by atoms with Crippen LogP contribution in [0.25, 0.3) is 0 Å². The van der Waals surface area contributed by atoms with Crippen molar-refractivity contribution in [2.75, 3.05) is 17.9 Å². The highest BCUT2D eigenvalue weighted by Crippen LogP contribution is 2.38. The van der Waals surface area contributed by atoms with Gasteiger partial charge in [0.05, 0.1) is 15.7 Å². The average Bonchev–Trinajstić information content (AvgIpc) is 3.13. The van der Waals surface area contributed by atoms with Crippen LogP contribution in [0.2, 0.25) is 0 Å². The molecule has 1 fully saturated rings. The zero-order valence-electron chi connectivity index (χ0n) is 10.7. The molecule has 0 aromatic heterocycles. The molecule has 0 spiro atoms. The zero-order valence-corrected chi connectivity index (χ0v) is 13.1. The predicted molar refractivity (Wildman–Crippen MR) is 75.0 cm³/mol. The molecular formula is C12H14BrF2NO3S. The van der Waals surface area contributed by atoms with Crippen molar-refractivity contribution in [2.24, 2.45) is 5.92 Å². The van der Waals surface area contributed by atoms with E-state index in [-0.39, 0.29) is 11.4 Å². The molecule has 1 atom stereocenters. The molecule has 1 aliphatic carbocycles. The van der Waals surface area contributed by atoms with Gasteiger partial charge in [0.15, 0.2) is 5.75 Å². The summed E-state index contributed by atoms with van der Waals surface area (Å²) in [5.74, 6) is 0.190. The van der Waals surface area contributed by atoms with Gasteiger partial charge < -0.3 is 4.74 Å². The molecule has 0 radical (unpaired) electrons. The highest BCUT2D eigenvalue weighted by Gasteiger charge is 2.26. The Morgan fingerprint density at radius 1 is 1.55 bits per heavy atom. The van der Waals surface area contributed by atoms with E-state index in [4.69, 9.17) is 0 Å². The monoisotopic (exact) mass is 369 g/mol. The molecule has 20 heavy (non-hydrogen) atoms. The number of halogens is 3. The van der Waals surface area contributed by atoms with Crippen molar-refractivity contribution in [3.05, 3.63) is 16.6 Å². The van der Waals surface area contributed by atoms with Crippen LogP contribution < -0.4 is 9.80 Å². The van der Waals surface area contributed by atoms with Gasteiger partial charge >= 0.3 is 6.61 Å². The Labute approximate surface area is 126 Å². The molecule has 0 aliphatic heterocycles. The number of rotatable bonds is 6. The minimum Gasteiger partial charge on any atom is -0.432 e. The van der Waals surface area contributed by atoms with E-state index < -0.39 is 17.4 Å². The SMILES string of the molecule is CS(=O)c1cc(OC(F)F)c(N(O)CC2CC2)cc1Br. The van der Waals surface area contributed by atoms with Crippen LogP contribution in [0.1, 0.15) is 12.8 Å². The lowest BCUT2D eigenvalue weighted by Gasteiger charge is -2.21. The number of hydroxylamine groups is 1. The molecule has 0 saturated heterocycles. The highest BCUT2D eigenvalue weighted by atomic mass is 79.9. The average molecular weight is 370 g/mol. The molecule has 0 heterocycles. The summed E-state index contributed by atoms with van der Waals surface area (Å²) in [6.45, 7) is -2.65. The van der Waals surface area contributed by atoms with Crippen molar-refractivity contribution < 1.29 is 22.9 Å². The van der Waals surface area contributed by atoms with Gasteiger partial charge in [0.2, 0.25) is 0 Å². The van der Waals surface area contributed by atoms with E-state index in [1.54, 1.807) is 0 Å². The van der Waals surface area contributed by atoms with E-state index in [9.17, 15) is 18.2 Å². The van der Waals surface area contributed by atoms with Gasteiger partial charge in [-0.25, -0.2) is 0 Å². The molecule has 1 aromatic rings. The lowest BCUT2D eigenvalue weighted by atomic mass is 10.2. The van der Waals surface area contributed by atoms with Crippen LogP contribution in [0, 0.1) is 5.92 Å². The van der Waals surface area contributed by atoms with E-state index in [0.29, 0.717) is 21.8 Å². The molecule has 4 nitrogen and oxygen atoms in total. The fourth-order valence-corrected chi connectivity index (χ4v) is 3.40. The van der Waals surface area contributed by atoms with Crippen molar-refractivity contribution in [1.82, 2.24) is 0 Å². The maximum absolute atomic E-state index is 12.5. The molecule has 0 bridgehead atoms. The second-order valence-corrected chi connectivity index (χ2v) is 6.81. The third-order valence-corrected chi connectivity index (χ3v) is 4.82. The Hall–Kier alpha value is -0.730. The van der Waals surface area contributed by atoms with Crippen LogP contribution in [-0.2, 0) is 10.8 Å². The van der Waals surface area contributed by atoms with Crippen LogP contribution in [0.5, 0.6) is 5.75 Å². The minimum absolute atomic E-state index is 0.137. The molecule has 2 rings (SSSR count). The van der Waals surface area contributed by atoms with Gasteiger partial charge in [0.25, 0.3) is 0 Å². The van der Waals surface area contributed by atoms with E-state index in [1.807, 2.05) is 0 Å². The predicted octanol–water partition coefficient (Wildman–Crippen LogP) is 3.39. The van der Waals surface area contributed by atoms with Gasteiger partial charge in [-0.15, -0.1) is 0 Å². The molecular weight excluding hydrogens is 356 g/mol. The van der Waals surface area contributed by atoms with Crippen molar-refractivity contribution in [2.45, 2.75) is 24.3 Å². The van der Waals surface area contributed by atoms with Crippen LogP contribution in [-0.4, -0.2) is 28.8 Å². The van der Waals surface area contributed by atoms with Gasteiger partial charge in [0, 0.05) is 17.3 Å². The van der Waals surface area contributed by atoms with Gasteiger partial charge in [0.1, 0.15) is 5.69 Å². The number of hydrogen-bond donors (Lipinski definition) is 1. The number of alkyl halides is 2. The van der Waals surface area contributed by atoms with Crippen molar-refractivity contribution in [1.29, 1.82) is 0 Å². The maximum atomic E-state index is 12.5. The van der Waals surface area contributed by atoms with Crippen molar-refractivity contribution in [3.8, 4) is 5.75 Å². The Morgan fingerprint density at radius 2 is 2.20 bits per heavy atom. The highest BCUT2D eigenvalue weighted by molar-refractivity contribution is 9.10. The third kappa shape index (κ3) is 3.89. The number of ether oxygens (including phenoxy) is 1. The normalized spacial score (nSPS) is 16.3. The second kappa shape index (κ2) is 6.36. The summed E-state index contributed by atoms with van der Waals surface area (Å²) in [6.07, 6.45) is 3.47. The largest absolute Gasteiger partial charge is 0.432 e. The fourth-order valence-electron chi connectivity index (χ4n) is 1.78. The lowest BCUT2D eigenvalue weighted by Crippen LogP contribution is -2.22. The first kappa shape index (κ1) is 15.7. The Morgan fingerprint density at radius 3 is 2.70 bits per heavy atom. The van der Waals surface area contributed by atoms with Crippen LogP contribution >= 0.6 is 15.9 Å². The summed E-state index contributed by atoms with van der Waals surface area (Å²) < 4.78 is 41.4. The molecule has 8 heteroatoms. The summed E-state index contributed by atoms with van der Waals surface area (Å²) in [4.78, 5) is 0.337. The summed E-state index contributed by atoms with van der Waals surface area (Å²) in [6, 6.07) is 2.70. The summed E-state index contributed by atoms with van der Waals surface area (Å²) in [7, 11) is -1.36. The van der Waals surface area contributed by atoms with E-state index in [0.717, 1.165) is 17.9 Å². The molecule has 1 saturated carbocycles. The number of benzene rings is 1. The number of hydrogen-bond acceptors (Lipinski definition) is 4. The molecule has 0 amide bonds. The summed E-state index contributed by atoms with van der Waals surface area (Å²) in [5, 5.41) is 10.9. The number of nitrogens with zero attached hydrogens (tertiary/aromatic N) is 1. The van der Waals surface area contributed by atoms with Crippen LogP contribution in [0.15, 0.2) is 21.5 Å². The van der Waals surface area contributed by atoms with E-state index in [1.165, 1.54) is 18.4 Å². The van der Waals surface area contributed by atoms with E-state index >= 15 is 0 Å². The maximum Gasteiger partial charge on any atom is 0.387 e. The number of anilines is 1. The molecule has 1 aromatic carbocycles. The first-order valence-electron chi connectivity index (χ1n) is 5.96. The zero-order chi connectivity index (χ0) is 14.9. The quantitative estimate of drug-likeness (QED) is 0.780. The van der Waals surface area contributed by atoms with Crippen molar-refractivity contribution in [3.63, 3.8) is 0 Å². The van der Waals surface area contributed by atoms with Gasteiger partial charge in [-0.3, -0.25) is 14.5 Å². The first-order valence-corrected chi connectivity index (χ1v) is 8.31. The first-order chi connectivity index (χ1) is 9.38. The second-order valence-electron chi connectivity index (χ2n) is 4.61. The lowest BCUT2D eigenvalue weighted by molar-refractivity contribution is -0.0500. The third-order valence-electron chi connectivity index (χ3n) is 2.95. The smallest absolute Gasteiger partial charge is 0.387 e. The molecule has 112 valence electrons. The topological polar surface area (TPSA) is 49.8 Å². The molecule has 1 unspecified atom stereocenters. The van der Waals surface area contributed by atoms with Gasteiger partial charge in [-0.05, 0) is 46.8 Å². The minimum atomic E-state index is -3.01. The Kier molecular flexibility index (Phi) is 4.98. The Balaban J connectivity index is 2.35. The molecule has 1 aliphatic rings. The van der Waals surface area contributed by atoms with Crippen LogP contribution in [0.4, 0.5) is 14.5 Å². The van der Waals surface area contributed by atoms with E-state index in [2.05, 4.69) is 20.7 Å². The van der Waals surface area contributed by atoms with Crippen molar-refractivity contribution >= 4 is 32.4 Å². The molecule has 1 N–H and O–H groups in total. The van der Waals surface area contributed by atoms with Gasteiger partial charge in [-0.2, -0.15) is 8.78 Å².